The molecule has 3 aromatic carbocycles. The number of benzene rings is 3. The second-order valence-corrected chi connectivity index (χ2v) is 8.20. The van der Waals surface area contributed by atoms with Crippen LogP contribution in [0.5, 0.6) is 11.5 Å². The van der Waals surface area contributed by atoms with Crippen molar-refractivity contribution in [2.24, 2.45) is 0 Å². The molecule has 2 heterocycles. The van der Waals surface area contributed by atoms with Crippen LogP contribution >= 0.6 is 0 Å². The smallest absolute Gasteiger partial charge is 0.347 e. The fraction of sp³-hybridized carbons (Fsp3) is 0.143. The van der Waals surface area contributed by atoms with Crippen LogP contribution in [-0.2, 0) is 9.59 Å². The highest BCUT2D eigenvalue weighted by Gasteiger charge is 2.14. The summed E-state index contributed by atoms with van der Waals surface area (Å²) in [7, 11) is 0. The van der Waals surface area contributed by atoms with Gasteiger partial charge in [-0.05, 0) is 60.7 Å². The van der Waals surface area contributed by atoms with E-state index in [1.807, 2.05) is 0 Å². The lowest BCUT2D eigenvalue weighted by Gasteiger charge is -2.06. The number of rotatable bonds is 6. The van der Waals surface area contributed by atoms with E-state index in [2.05, 4.69) is 9.97 Å². The van der Waals surface area contributed by atoms with Crippen LogP contribution in [0.15, 0.2) is 79.1 Å². The predicted molar refractivity (Wildman–Crippen MR) is 137 cm³/mol. The summed E-state index contributed by atoms with van der Waals surface area (Å²) in [6.45, 7) is 3.34. The van der Waals surface area contributed by atoms with Gasteiger partial charge in [-0.3, -0.25) is 9.59 Å². The van der Waals surface area contributed by atoms with Gasteiger partial charge in [-0.15, -0.1) is 0 Å². The van der Waals surface area contributed by atoms with E-state index >= 15 is 0 Å². The van der Waals surface area contributed by atoms with E-state index in [-0.39, 0.29) is 46.9 Å². The van der Waals surface area contributed by atoms with E-state index < -0.39 is 23.2 Å². The Balaban J connectivity index is 1.44. The number of aromatic nitrogens is 2. The molecule has 0 radical (unpaired) electrons. The molecule has 38 heavy (non-hydrogen) atoms. The third-order valence-corrected chi connectivity index (χ3v) is 5.62. The Morgan fingerprint density at radius 2 is 1.05 bits per heavy atom. The van der Waals surface area contributed by atoms with Gasteiger partial charge in [0.1, 0.15) is 11.5 Å². The van der Waals surface area contributed by atoms with Crippen LogP contribution in [0.1, 0.15) is 26.7 Å². The average molecular weight is 512 g/mol. The van der Waals surface area contributed by atoms with Gasteiger partial charge in [0, 0.05) is 24.0 Å². The standard InChI is InChI=1S/C28H20N2O8/c1-3-23(31)35-17-9-11-21-19(13-17)27(33)37-25(29-21)15-5-7-16(8-6-15)26-30-22-12-10-18(36-24(32)4-2)14-20(22)28(34)38-26/h5-14H,3-4H2,1-2H3. The maximum absolute atomic E-state index is 12.6. The Morgan fingerprint density at radius 1 is 0.658 bits per heavy atom. The highest BCUT2D eigenvalue weighted by molar-refractivity contribution is 5.83. The summed E-state index contributed by atoms with van der Waals surface area (Å²) in [5.41, 5.74) is 0.523. The molecule has 0 aliphatic heterocycles. The highest BCUT2D eigenvalue weighted by Crippen LogP contribution is 2.26. The first kappa shape index (κ1) is 24.6. The maximum Gasteiger partial charge on any atom is 0.347 e. The molecule has 2 aromatic heterocycles. The molecule has 0 atom stereocenters. The topological polar surface area (TPSA) is 139 Å². The molecule has 0 amide bonds. The monoisotopic (exact) mass is 512 g/mol. The number of fused-ring (bicyclic) bond motifs is 2. The normalized spacial score (nSPS) is 11.0. The Morgan fingerprint density at radius 3 is 1.42 bits per heavy atom. The Kier molecular flexibility index (Phi) is 6.53. The summed E-state index contributed by atoms with van der Waals surface area (Å²) in [6, 6.07) is 15.7. The van der Waals surface area contributed by atoms with E-state index in [1.54, 1.807) is 62.4 Å². The molecule has 10 heteroatoms. The van der Waals surface area contributed by atoms with Crippen LogP contribution in [0, 0.1) is 0 Å². The molecule has 190 valence electrons. The molecule has 0 N–H and O–H groups in total. The van der Waals surface area contributed by atoms with Gasteiger partial charge in [-0.1, -0.05) is 13.8 Å². The fourth-order valence-corrected chi connectivity index (χ4v) is 3.64. The molecule has 0 aliphatic rings. The van der Waals surface area contributed by atoms with Crippen LogP contribution in [0.2, 0.25) is 0 Å². The number of hydrogen-bond donors (Lipinski definition) is 0. The van der Waals surface area contributed by atoms with Gasteiger partial charge in [0.25, 0.3) is 0 Å². The van der Waals surface area contributed by atoms with Crippen LogP contribution in [-0.4, -0.2) is 21.9 Å². The fourth-order valence-electron chi connectivity index (χ4n) is 3.64. The molecule has 10 nitrogen and oxygen atoms in total. The lowest BCUT2D eigenvalue weighted by atomic mass is 10.1. The minimum atomic E-state index is -0.630. The zero-order chi connectivity index (χ0) is 26.8. The number of nitrogens with zero attached hydrogens (tertiary/aromatic N) is 2. The third kappa shape index (κ3) is 4.92. The summed E-state index contributed by atoms with van der Waals surface area (Å²) < 4.78 is 21.1. The van der Waals surface area contributed by atoms with Gasteiger partial charge >= 0.3 is 23.2 Å². The molecular formula is C28H20N2O8. The SMILES string of the molecule is CCC(=O)Oc1ccc2nc(-c3ccc(-c4nc5ccc(OC(=O)CC)cc5c(=O)o4)cc3)oc(=O)c2c1. The third-order valence-electron chi connectivity index (χ3n) is 5.62. The largest absolute Gasteiger partial charge is 0.427 e. The van der Waals surface area contributed by atoms with Crippen LogP contribution in [0.4, 0.5) is 0 Å². The predicted octanol–water partition coefficient (Wildman–Crippen LogP) is 4.65. The van der Waals surface area contributed by atoms with E-state index in [9.17, 15) is 19.2 Å². The first-order valence-electron chi connectivity index (χ1n) is 11.8. The molecule has 0 saturated carbocycles. The van der Waals surface area contributed by atoms with Crippen molar-refractivity contribution in [3.05, 3.63) is 81.5 Å². The van der Waals surface area contributed by atoms with Crippen molar-refractivity contribution in [1.29, 1.82) is 0 Å². The molecule has 0 fully saturated rings. The summed E-state index contributed by atoms with van der Waals surface area (Å²) in [6.07, 6.45) is 0.407. The Bertz CT molecular complexity index is 1690. The summed E-state index contributed by atoms with van der Waals surface area (Å²) >= 11 is 0. The number of ether oxygens (including phenoxy) is 2. The number of hydrogen-bond acceptors (Lipinski definition) is 10. The summed E-state index contributed by atoms with van der Waals surface area (Å²) in [5, 5.41) is 0.364. The van der Waals surface area contributed by atoms with Crippen LogP contribution in [0.3, 0.4) is 0 Å². The van der Waals surface area contributed by atoms with E-state index in [4.69, 9.17) is 18.3 Å². The minimum Gasteiger partial charge on any atom is -0.427 e. The maximum atomic E-state index is 12.6. The quantitative estimate of drug-likeness (QED) is 0.233. The van der Waals surface area contributed by atoms with Crippen molar-refractivity contribution < 1.29 is 27.9 Å². The average Bonchev–Trinajstić information content (AvgIpc) is 2.93. The first-order chi connectivity index (χ1) is 18.3. The molecule has 0 unspecified atom stereocenters. The van der Waals surface area contributed by atoms with Crippen molar-refractivity contribution in [2.45, 2.75) is 26.7 Å². The van der Waals surface area contributed by atoms with Gasteiger partial charge in [0.2, 0.25) is 11.8 Å². The number of carbonyl (C=O) groups excluding carboxylic acids is 2. The zero-order valence-corrected chi connectivity index (χ0v) is 20.3. The van der Waals surface area contributed by atoms with E-state index in [0.717, 1.165) is 0 Å². The van der Waals surface area contributed by atoms with Crippen LogP contribution < -0.4 is 20.7 Å². The van der Waals surface area contributed by atoms with Gasteiger partial charge in [0.05, 0.1) is 21.8 Å². The van der Waals surface area contributed by atoms with Crippen molar-refractivity contribution in [3.63, 3.8) is 0 Å². The van der Waals surface area contributed by atoms with E-state index in [0.29, 0.717) is 22.2 Å². The zero-order valence-electron chi connectivity index (χ0n) is 20.3. The lowest BCUT2D eigenvalue weighted by molar-refractivity contribution is -0.134. The number of carbonyl (C=O) groups is 2. The van der Waals surface area contributed by atoms with E-state index in [1.165, 1.54) is 12.1 Å². The molecule has 0 saturated heterocycles. The van der Waals surface area contributed by atoms with Crippen molar-refractivity contribution in [1.82, 2.24) is 9.97 Å². The number of esters is 2. The molecule has 0 aliphatic carbocycles. The van der Waals surface area contributed by atoms with Crippen molar-refractivity contribution >= 4 is 33.7 Å². The van der Waals surface area contributed by atoms with Gasteiger partial charge in [-0.25, -0.2) is 19.6 Å². The summed E-state index contributed by atoms with van der Waals surface area (Å²) in [4.78, 5) is 57.1. The Labute approximate surface area is 214 Å². The molecule has 5 rings (SSSR count). The van der Waals surface area contributed by atoms with Crippen LogP contribution in [0.25, 0.3) is 44.7 Å². The van der Waals surface area contributed by atoms with Gasteiger partial charge in [0.15, 0.2) is 0 Å². The molecule has 5 aromatic rings. The highest BCUT2D eigenvalue weighted by atomic mass is 16.5. The molecular weight excluding hydrogens is 492 g/mol. The van der Waals surface area contributed by atoms with Gasteiger partial charge < -0.3 is 18.3 Å². The second-order valence-electron chi connectivity index (χ2n) is 8.20. The van der Waals surface area contributed by atoms with Crippen molar-refractivity contribution in [2.75, 3.05) is 0 Å². The minimum absolute atomic E-state index is 0.0921. The molecule has 0 spiro atoms. The summed E-state index contributed by atoms with van der Waals surface area (Å²) in [5.74, 6) is -0.185. The van der Waals surface area contributed by atoms with Crippen molar-refractivity contribution in [3.8, 4) is 34.4 Å². The Hall–Kier alpha value is -5.12. The second kappa shape index (κ2) is 10.1. The van der Waals surface area contributed by atoms with Gasteiger partial charge in [-0.2, -0.15) is 0 Å². The lowest BCUT2D eigenvalue weighted by Crippen LogP contribution is -2.07. The first-order valence-corrected chi connectivity index (χ1v) is 11.8. The molecule has 0 bridgehead atoms.